The number of carboxylic acids is 1. The lowest BCUT2D eigenvalue weighted by Crippen LogP contribution is -2.58. The smallest absolute Gasteiger partial charge is 0.315 e. The third kappa shape index (κ3) is 5.24. The van der Waals surface area contributed by atoms with E-state index in [0.717, 1.165) is 19.3 Å². The summed E-state index contributed by atoms with van der Waals surface area (Å²) in [7, 11) is 0. The van der Waals surface area contributed by atoms with Crippen LogP contribution < -0.4 is 16.4 Å². The van der Waals surface area contributed by atoms with Crippen LogP contribution in [0.1, 0.15) is 52.4 Å². The number of carbonyl (C=O) groups is 3. The SMILES string of the molecule is CC(C)C(NC(=O)NC1(CC(=O)O)CCCCC1)C(N)=O. The quantitative estimate of drug-likeness (QED) is 0.584. The molecule has 1 rings (SSSR count). The molecule has 0 saturated heterocycles. The number of carbonyl (C=O) groups excluding carboxylic acids is 2. The van der Waals surface area contributed by atoms with E-state index < -0.39 is 29.5 Å². The van der Waals surface area contributed by atoms with Crippen molar-refractivity contribution in [2.45, 2.75) is 64.0 Å². The second-order valence-electron chi connectivity index (χ2n) is 6.13. The lowest BCUT2D eigenvalue weighted by molar-refractivity contribution is -0.139. The number of aliphatic carboxylic acids is 1. The molecular formula is C14H25N3O4. The first-order valence-corrected chi connectivity index (χ1v) is 7.35. The van der Waals surface area contributed by atoms with E-state index in [2.05, 4.69) is 10.6 Å². The van der Waals surface area contributed by atoms with Gasteiger partial charge in [0, 0.05) is 0 Å². The Morgan fingerprint density at radius 2 is 1.76 bits per heavy atom. The number of hydrogen-bond acceptors (Lipinski definition) is 3. The van der Waals surface area contributed by atoms with Gasteiger partial charge in [-0.15, -0.1) is 0 Å². The number of hydrogen-bond donors (Lipinski definition) is 4. The topological polar surface area (TPSA) is 122 Å². The van der Waals surface area contributed by atoms with E-state index in [1.54, 1.807) is 13.8 Å². The van der Waals surface area contributed by atoms with E-state index in [0.29, 0.717) is 12.8 Å². The minimum absolute atomic E-state index is 0.108. The minimum atomic E-state index is -0.937. The Morgan fingerprint density at radius 1 is 1.19 bits per heavy atom. The van der Waals surface area contributed by atoms with Crippen molar-refractivity contribution in [1.29, 1.82) is 0 Å². The summed E-state index contributed by atoms with van der Waals surface area (Å²) in [6.45, 7) is 3.56. The molecule has 0 aromatic rings. The van der Waals surface area contributed by atoms with Gasteiger partial charge in [0.25, 0.3) is 0 Å². The largest absolute Gasteiger partial charge is 0.481 e. The molecule has 1 fully saturated rings. The molecule has 0 aromatic heterocycles. The van der Waals surface area contributed by atoms with Gasteiger partial charge in [-0.05, 0) is 18.8 Å². The summed E-state index contributed by atoms with van der Waals surface area (Å²) in [6.07, 6.45) is 3.98. The minimum Gasteiger partial charge on any atom is -0.481 e. The van der Waals surface area contributed by atoms with Gasteiger partial charge < -0.3 is 21.5 Å². The Bertz CT molecular complexity index is 403. The number of rotatable bonds is 6. The van der Waals surface area contributed by atoms with Gasteiger partial charge in [0.1, 0.15) is 6.04 Å². The predicted molar refractivity (Wildman–Crippen MR) is 77.6 cm³/mol. The van der Waals surface area contributed by atoms with Gasteiger partial charge >= 0.3 is 12.0 Å². The average Bonchev–Trinajstić information content (AvgIpc) is 2.35. The van der Waals surface area contributed by atoms with E-state index in [1.807, 2.05) is 0 Å². The lowest BCUT2D eigenvalue weighted by Gasteiger charge is -2.37. The van der Waals surface area contributed by atoms with Gasteiger partial charge in [0.05, 0.1) is 12.0 Å². The van der Waals surface area contributed by atoms with Crippen molar-refractivity contribution in [2.24, 2.45) is 11.7 Å². The molecule has 0 bridgehead atoms. The first kappa shape index (κ1) is 17.3. The Labute approximate surface area is 124 Å². The first-order chi connectivity index (χ1) is 9.76. The van der Waals surface area contributed by atoms with Crippen molar-refractivity contribution >= 4 is 17.9 Å². The normalized spacial score (nSPS) is 18.8. The molecule has 1 unspecified atom stereocenters. The van der Waals surface area contributed by atoms with Crippen LogP contribution in [-0.2, 0) is 9.59 Å². The summed E-state index contributed by atoms with van der Waals surface area (Å²) < 4.78 is 0. The fourth-order valence-corrected chi connectivity index (χ4v) is 2.85. The number of carboxylic acid groups (broad SMARTS) is 1. The van der Waals surface area contributed by atoms with Gasteiger partial charge in [0.2, 0.25) is 5.91 Å². The standard InChI is InChI=1S/C14H25N3O4/c1-9(2)11(12(15)20)16-13(21)17-14(8-10(18)19)6-4-3-5-7-14/h9,11H,3-8H2,1-2H3,(H2,15,20)(H,18,19)(H2,16,17,21). The highest BCUT2D eigenvalue weighted by molar-refractivity contribution is 5.86. The molecule has 3 amide bonds. The Kier molecular flexibility index (Phi) is 5.99. The highest BCUT2D eigenvalue weighted by Crippen LogP contribution is 2.31. The molecule has 0 aromatic carbocycles. The molecular weight excluding hydrogens is 274 g/mol. The lowest BCUT2D eigenvalue weighted by atomic mass is 9.79. The highest BCUT2D eigenvalue weighted by Gasteiger charge is 2.36. The predicted octanol–water partition coefficient (Wildman–Crippen LogP) is 0.973. The van der Waals surface area contributed by atoms with Gasteiger partial charge in [-0.1, -0.05) is 33.1 Å². The number of primary amides is 1. The third-order valence-corrected chi connectivity index (χ3v) is 3.94. The van der Waals surface area contributed by atoms with Crippen molar-refractivity contribution < 1.29 is 19.5 Å². The summed E-state index contributed by atoms with van der Waals surface area (Å²) in [6, 6.07) is -1.30. The van der Waals surface area contributed by atoms with Crippen LogP contribution in [0.2, 0.25) is 0 Å². The zero-order valence-corrected chi connectivity index (χ0v) is 12.6. The van der Waals surface area contributed by atoms with Crippen molar-refractivity contribution in [3.05, 3.63) is 0 Å². The second kappa shape index (κ2) is 7.28. The van der Waals surface area contributed by atoms with Crippen molar-refractivity contribution in [2.75, 3.05) is 0 Å². The van der Waals surface area contributed by atoms with Gasteiger partial charge in [-0.25, -0.2) is 4.79 Å². The molecule has 0 spiro atoms. The number of urea groups is 1. The van der Waals surface area contributed by atoms with Crippen molar-refractivity contribution in [3.63, 3.8) is 0 Å². The Hall–Kier alpha value is -1.79. The molecule has 21 heavy (non-hydrogen) atoms. The molecule has 1 aliphatic rings. The fourth-order valence-electron chi connectivity index (χ4n) is 2.85. The van der Waals surface area contributed by atoms with Crippen molar-refractivity contribution in [3.8, 4) is 0 Å². The van der Waals surface area contributed by atoms with Crippen LogP contribution in [0.15, 0.2) is 0 Å². The number of nitrogens with one attached hydrogen (secondary N) is 2. The molecule has 1 saturated carbocycles. The summed E-state index contributed by atoms with van der Waals surface area (Å²) >= 11 is 0. The molecule has 120 valence electrons. The monoisotopic (exact) mass is 299 g/mol. The second-order valence-corrected chi connectivity index (χ2v) is 6.13. The van der Waals surface area contributed by atoms with E-state index in [4.69, 9.17) is 10.8 Å². The highest BCUT2D eigenvalue weighted by atomic mass is 16.4. The maximum absolute atomic E-state index is 12.1. The fraction of sp³-hybridized carbons (Fsp3) is 0.786. The molecule has 1 aliphatic carbocycles. The van der Waals surface area contributed by atoms with Crippen LogP contribution in [-0.4, -0.2) is 34.6 Å². The van der Waals surface area contributed by atoms with Gasteiger partial charge in [-0.2, -0.15) is 0 Å². The van der Waals surface area contributed by atoms with Crippen molar-refractivity contribution in [1.82, 2.24) is 10.6 Å². The molecule has 1 atom stereocenters. The van der Waals surface area contributed by atoms with Crippen LogP contribution in [0.4, 0.5) is 4.79 Å². The van der Waals surface area contributed by atoms with Crippen LogP contribution in [0.5, 0.6) is 0 Å². The van der Waals surface area contributed by atoms with Gasteiger partial charge in [0.15, 0.2) is 0 Å². The zero-order valence-electron chi connectivity index (χ0n) is 12.6. The molecule has 0 aliphatic heterocycles. The van der Waals surface area contributed by atoms with Crippen LogP contribution in [0.25, 0.3) is 0 Å². The van der Waals surface area contributed by atoms with E-state index >= 15 is 0 Å². The summed E-state index contributed by atoms with van der Waals surface area (Å²) in [5, 5.41) is 14.4. The average molecular weight is 299 g/mol. The maximum atomic E-state index is 12.1. The molecule has 7 nitrogen and oxygen atoms in total. The number of nitrogens with two attached hydrogens (primary N) is 1. The number of amides is 3. The van der Waals surface area contributed by atoms with Crippen LogP contribution >= 0.6 is 0 Å². The molecule has 7 heteroatoms. The van der Waals surface area contributed by atoms with Gasteiger partial charge in [-0.3, -0.25) is 9.59 Å². The summed E-state index contributed by atoms with van der Waals surface area (Å²) in [4.78, 5) is 34.5. The molecule has 0 heterocycles. The summed E-state index contributed by atoms with van der Waals surface area (Å²) in [5.74, 6) is -1.67. The van der Waals surface area contributed by atoms with Crippen LogP contribution in [0, 0.1) is 5.92 Å². The summed E-state index contributed by atoms with van der Waals surface area (Å²) in [5.41, 5.74) is 4.53. The Morgan fingerprint density at radius 3 is 2.19 bits per heavy atom. The van der Waals surface area contributed by atoms with E-state index in [1.165, 1.54) is 0 Å². The zero-order chi connectivity index (χ0) is 16.0. The Balaban J connectivity index is 2.71. The van der Waals surface area contributed by atoms with Crippen LogP contribution in [0.3, 0.4) is 0 Å². The van der Waals surface area contributed by atoms with E-state index in [9.17, 15) is 14.4 Å². The first-order valence-electron chi connectivity index (χ1n) is 7.35. The maximum Gasteiger partial charge on any atom is 0.315 e. The van der Waals surface area contributed by atoms with E-state index in [-0.39, 0.29) is 12.3 Å². The third-order valence-electron chi connectivity index (χ3n) is 3.94. The molecule has 5 N–H and O–H groups in total. The molecule has 0 radical (unpaired) electrons.